The molecular weight excluding hydrogens is 370 g/mol. The lowest BCUT2D eigenvalue weighted by molar-refractivity contribution is -0.0535. The summed E-state index contributed by atoms with van der Waals surface area (Å²) in [5.74, 6) is -0.881. The zero-order valence-electron chi connectivity index (χ0n) is 13.7. The topological polar surface area (TPSA) is 82.2 Å². The fourth-order valence-corrected chi connectivity index (χ4v) is 2.77. The van der Waals surface area contributed by atoms with Gasteiger partial charge in [0.25, 0.3) is 0 Å². The molecule has 0 radical (unpaired) electrons. The molecule has 1 N–H and O–H groups in total. The van der Waals surface area contributed by atoms with E-state index in [9.17, 15) is 18.7 Å². The van der Waals surface area contributed by atoms with E-state index in [4.69, 9.17) is 11.6 Å². The van der Waals surface area contributed by atoms with Crippen molar-refractivity contribution >= 4 is 17.6 Å². The average molecular weight is 383 g/mol. The molecule has 0 atom stereocenters. The Labute approximate surface area is 151 Å². The van der Waals surface area contributed by atoms with Gasteiger partial charge in [0.05, 0.1) is 22.3 Å². The van der Waals surface area contributed by atoms with Crippen LogP contribution in [0, 0.1) is 6.92 Å². The van der Waals surface area contributed by atoms with Gasteiger partial charge in [-0.15, -0.1) is 5.10 Å². The Morgan fingerprint density at radius 1 is 1.35 bits per heavy atom. The molecule has 0 saturated heterocycles. The number of carboxylic acid groups (broad SMARTS) is 1. The number of aromatic carboxylic acids is 1. The van der Waals surface area contributed by atoms with Crippen LogP contribution in [0.4, 0.5) is 8.78 Å². The first-order valence-electron chi connectivity index (χ1n) is 7.34. The summed E-state index contributed by atoms with van der Waals surface area (Å²) in [6, 6.07) is 4.59. The van der Waals surface area contributed by atoms with E-state index in [1.807, 2.05) is 0 Å². The van der Waals surface area contributed by atoms with Gasteiger partial charge in [0, 0.05) is 18.8 Å². The van der Waals surface area contributed by atoms with Gasteiger partial charge >= 0.3 is 12.6 Å². The first-order valence-corrected chi connectivity index (χ1v) is 7.72. The third-order valence-electron chi connectivity index (χ3n) is 3.73. The summed E-state index contributed by atoms with van der Waals surface area (Å²) in [6.07, 6.45) is 3.15. The monoisotopic (exact) mass is 382 g/mol. The predicted octanol–water partition coefficient (Wildman–Crippen LogP) is 3.53. The van der Waals surface area contributed by atoms with E-state index in [-0.39, 0.29) is 16.5 Å². The Bertz CT molecular complexity index is 984. The minimum Gasteiger partial charge on any atom is -0.478 e. The molecule has 26 heavy (non-hydrogen) atoms. The number of ether oxygens (including phenoxy) is 1. The summed E-state index contributed by atoms with van der Waals surface area (Å²) in [7, 11) is 1.58. The molecule has 2 aromatic heterocycles. The van der Waals surface area contributed by atoms with Gasteiger partial charge in [0.15, 0.2) is 5.82 Å². The van der Waals surface area contributed by atoms with Crippen molar-refractivity contribution in [3.05, 3.63) is 46.7 Å². The molecule has 0 aliphatic rings. The fourth-order valence-electron chi connectivity index (χ4n) is 2.57. The van der Waals surface area contributed by atoms with E-state index < -0.39 is 12.6 Å². The average Bonchev–Trinajstić information content (AvgIpc) is 3.12. The van der Waals surface area contributed by atoms with Crippen molar-refractivity contribution in [3.63, 3.8) is 0 Å². The molecule has 0 unspecified atom stereocenters. The molecule has 136 valence electrons. The smallest absolute Gasteiger partial charge is 0.388 e. The van der Waals surface area contributed by atoms with Crippen LogP contribution in [-0.4, -0.2) is 37.2 Å². The first-order chi connectivity index (χ1) is 12.3. The van der Waals surface area contributed by atoms with Crippen molar-refractivity contribution in [3.8, 4) is 22.8 Å². The molecule has 0 amide bonds. The Kier molecular flexibility index (Phi) is 4.64. The van der Waals surface area contributed by atoms with Gasteiger partial charge in [-0.3, -0.25) is 0 Å². The molecule has 2 heterocycles. The second kappa shape index (κ2) is 6.75. The maximum atomic E-state index is 12.5. The molecule has 0 aliphatic heterocycles. The standard InChI is InChI=1S/C16H13ClF2N4O3/c1-8-13(26-16(18)19)21-22(2)14(8)23-7-10(6-20-23)9-3-4-12(17)11(5-9)15(24)25/h3-7,16H,1-2H3,(H,24,25). The van der Waals surface area contributed by atoms with Crippen molar-refractivity contribution in [2.75, 3.05) is 0 Å². The minimum absolute atomic E-state index is 0.0266. The normalized spacial score (nSPS) is 11.2. The van der Waals surface area contributed by atoms with E-state index in [0.717, 1.165) is 0 Å². The van der Waals surface area contributed by atoms with E-state index >= 15 is 0 Å². The van der Waals surface area contributed by atoms with Gasteiger partial charge < -0.3 is 9.84 Å². The summed E-state index contributed by atoms with van der Waals surface area (Å²) in [4.78, 5) is 11.2. The highest BCUT2D eigenvalue weighted by atomic mass is 35.5. The first kappa shape index (κ1) is 17.9. The quantitative estimate of drug-likeness (QED) is 0.730. The molecule has 10 heteroatoms. The molecule has 1 aromatic carbocycles. The van der Waals surface area contributed by atoms with E-state index in [1.165, 1.54) is 27.7 Å². The van der Waals surface area contributed by atoms with Crippen molar-refractivity contribution in [2.45, 2.75) is 13.5 Å². The van der Waals surface area contributed by atoms with Crippen LogP contribution in [-0.2, 0) is 7.05 Å². The molecule has 0 spiro atoms. The van der Waals surface area contributed by atoms with Crippen molar-refractivity contribution in [1.29, 1.82) is 0 Å². The van der Waals surface area contributed by atoms with Gasteiger partial charge in [-0.1, -0.05) is 17.7 Å². The van der Waals surface area contributed by atoms with Crippen LogP contribution in [0.1, 0.15) is 15.9 Å². The van der Waals surface area contributed by atoms with Crippen LogP contribution >= 0.6 is 11.6 Å². The summed E-state index contributed by atoms with van der Waals surface area (Å²) in [5, 5.41) is 17.4. The summed E-state index contributed by atoms with van der Waals surface area (Å²) >= 11 is 5.88. The fraction of sp³-hybridized carbons (Fsp3) is 0.188. The number of benzene rings is 1. The molecule has 3 aromatic rings. The van der Waals surface area contributed by atoms with Gasteiger partial charge in [0.1, 0.15) is 0 Å². The maximum absolute atomic E-state index is 12.5. The summed E-state index contributed by atoms with van der Waals surface area (Å²) < 4.78 is 32.1. The van der Waals surface area contributed by atoms with E-state index in [1.54, 1.807) is 26.2 Å². The van der Waals surface area contributed by atoms with Crippen molar-refractivity contribution < 1.29 is 23.4 Å². The second-order valence-corrected chi connectivity index (χ2v) is 5.84. The number of hydrogen-bond acceptors (Lipinski definition) is 4. The SMILES string of the molecule is Cc1c(OC(F)F)nn(C)c1-n1cc(-c2ccc(Cl)c(C(=O)O)c2)cn1. The van der Waals surface area contributed by atoms with Gasteiger partial charge in [0.2, 0.25) is 5.88 Å². The molecular formula is C16H13ClF2N4O3. The number of carboxylic acids is 1. The number of halogens is 3. The lowest BCUT2D eigenvalue weighted by Crippen LogP contribution is -2.04. The number of nitrogens with zero attached hydrogens (tertiary/aromatic N) is 4. The van der Waals surface area contributed by atoms with Crippen LogP contribution in [0.3, 0.4) is 0 Å². The third-order valence-corrected chi connectivity index (χ3v) is 4.06. The highest BCUT2D eigenvalue weighted by molar-refractivity contribution is 6.33. The third kappa shape index (κ3) is 3.25. The van der Waals surface area contributed by atoms with Crippen LogP contribution in [0.2, 0.25) is 5.02 Å². The van der Waals surface area contributed by atoms with Crippen molar-refractivity contribution in [2.24, 2.45) is 7.05 Å². The highest BCUT2D eigenvalue weighted by Crippen LogP contribution is 2.28. The Morgan fingerprint density at radius 3 is 2.73 bits per heavy atom. The number of carbonyl (C=O) groups is 1. The second-order valence-electron chi connectivity index (χ2n) is 5.43. The van der Waals surface area contributed by atoms with Crippen LogP contribution < -0.4 is 4.74 Å². The van der Waals surface area contributed by atoms with Gasteiger partial charge in [-0.05, 0) is 24.6 Å². The number of hydrogen-bond donors (Lipinski definition) is 1. The number of aryl methyl sites for hydroxylation is 1. The number of alkyl halides is 2. The largest absolute Gasteiger partial charge is 0.478 e. The molecule has 0 saturated carbocycles. The molecule has 0 bridgehead atoms. The zero-order valence-corrected chi connectivity index (χ0v) is 14.4. The van der Waals surface area contributed by atoms with E-state index in [2.05, 4.69) is 14.9 Å². The highest BCUT2D eigenvalue weighted by Gasteiger charge is 2.19. The molecule has 0 fully saturated rings. The predicted molar refractivity (Wildman–Crippen MR) is 89.1 cm³/mol. The number of rotatable bonds is 5. The molecule has 3 rings (SSSR count). The lowest BCUT2D eigenvalue weighted by Gasteiger charge is -2.04. The number of aromatic nitrogens is 4. The maximum Gasteiger partial charge on any atom is 0.388 e. The Balaban J connectivity index is 2.00. The van der Waals surface area contributed by atoms with Crippen LogP contribution in [0.25, 0.3) is 16.9 Å². The molecule has 7 nitrogen and oxygen atoms in total. The Hall–Kier alpha value is -2.94. The van der Waals surface area contributed by atoms with Gasteiger partial charge in [-0.2, -0.15) is 13.9 Å². The van der Waals surface area contributed by atoms with Gasteiger partial charge in [-0.25, -0.2) is 14.2 Å². The van der Waals surface area contributed by atoms with Crippen LogP contribution in [0.15, 0.2) is 30.6 Å². The van der Waals surface area contributed by atoms with Crippen LogP contribution in [0.5, 0.6) is 5.88 Å². The van der Waals surface area contributed by atoms with Crippen molar-refractivity contribution in [1.82, 2.24) is 19.6 Å². The summed E-state index contributed by atoms with van der Waals surface area (Å²) in [5.41, 5.74) is 1.59. The zero-order chi connectivity index (χ0) is 19.0. The molecule has 0 aliphatic carbocycles. The minimum atomic E-state index is -2.98. The summed E-state index contributed by atoms with van der Waals surface area (Å²) in [6.45, 7) is -1.39. The lowest BCUT2D eigenvalue weighted by atomic mass is 10.1. The Morgan fingerprint density at radius 2 is 2.08 bits per heavy atom. The van der Waals surface area contributed by atoms with E-state index in [0.29, 0.717) is 22.5 Å².